The van der Waals surface area contributed by atoms with Gasteiger partial charge in [0.25, 0.3) is 0 Å². The van der Waals surface area contributed by atoms with Crippen molar-refractivity contribution in [1.29, 1.82) is 0 Å². The third-order valence-corrected chi connectivity index (χ3v) is 3.07. The van der Waals surface area contributed by atoms with Gasteiger partial charge < -0.3 is 15.3 Å². The fourth-order valence-corrected chi connectivity index (χ4v) is 2.22. The highest BCUT2D eigenvalue weighted by atomic mass is 16.4. The predicted molar refractivity (Wildman–Crippen MR) is 59.2 cm³/mol. The van der Waals surface area contributed by atoms with Gasteiger partial charge in [-0.1, -0.05) is 12.8 Å². The van der Waals surface area contributed by atoms with Crippen molar-refractivity contribution in [3.8, 4) is 0 Å². The van der Waals surface area contributed by atoms with E-state index in [1.807, 2.05) is 4.90 Å². The van der Waals surface area contributed by atoms with Crippen LogP contribution in [0.1, 0.15) is 32.1 Å². The van der Waals surface area contributed by atoms with E-state index in [9.17, 15) is 15.0 Å². The number of hydrogen-bond donors (Lipinski definition) is 3. The molecule has 0 bridgehead atoms. The first-order valence-electron chi connectivity index (χ1n) is 5.88. The zero-order valence-electron chi connectivity index (χ0n) is 9.51. The Morgan fingerprint density at radius 2 is 2.12 bits per heavy atom. The van der Waals surface area contributed by atoms with Gasteiger partial charge in [0.15, 0.2) is 0 Å². The van der Waals surface area contributed by atoms with Gasteiger partial charge >= 0.3 is 5.97 Å². The van der Waals surface area contributed by atoms with Crippen LogP contribution in [0.25, 0.3) is 0 Å². The second-order valence-electron chi connectivity index (χ2n) is 4.43. The second-order valence-corrected chi connectivity index (χ2v) is 4.43. The molecule has 0 aromatic carbocycles. The Kier molecular flexibility index (Phi) is 5.73. The van der Waals surface area contributed by atoms with E-state index < -0.39 is 12.1 Å². The van der Waals surface area contributed by atoms with Crippen LogP contribution in [-0.2, 0) is 4.79 Å². The van der Waals surface area contributed by atoms with Crippen molar-refractivity contribution >= 4 is 5.97 Å². The van der Waals surface area contributed by atoms with Crippen LogP contribution in [0.3, 0.4) is 0 Å². The molecule has 2 unspecified atom stereocenters. The number of aliphatic hydroxyl groups is 2. The molecule has 0 amide bonds. The summed E-state index contributed by atoms with van der Waals surface area (Å²) in [5.41, 5.74) is 0. The van der Waals surface area contributed by atoms with Gasteiger partial charge in [0.1, 0.15) is 0 Å². The number of carboxylic acid groups (broad SMARTS) is 1. The Labute approximate surface area is 95.7 Å². The number of nitrogens with zero attached hydrogens (tertiary/aromatic N) is 1. The van der Waals surface area contributed by atoms with E-state index in [-0.39, 0.29) is 19.1 Å². The molecule has 0 spiro atoms. The lowest BCUT2D eigenvalue weighted by Crippen LogP contribution is -2.42. The maximum Gasteiger partial charge on any atom is 0.306 e. The zero-order chi connectivity index (χ0) is 12.0. The van der Waals surface area contributed by atoms with Crippen LogP contribution in [0, 0.1) is 0 Å². The summed E-state index contributed by atoms with van der Waals surface area (Å²) in [5, 5.41) is 27.4. The second kappa shape index (κ2) is 6.83. The van der Waals surface area contributed by atoms with Crippen LogP contribution in [0.4, 0.5) is 0 Å². The molecule has 5 heteroatoms. The van der Waals surface area contributed by atoms with Crippen molar-refractivity contribution in [1.82, 2.24) is 4.90 Å². The summed E-state index contributed by atoms with van der Waals surface area (Å²) < 4.78 is 0. The van der Waals surface area contributed by atoms with Crippen LogP contribution >= 0.6 is 0 Å². The zero-order valence-corrected chi connectivity index (χ0v) is 9.51. The summed E-state index contributed by atoms with van der Waals surface area (Å²) in [6.07, 6.45) is 3.14. The SMILES string of the molecule is O=C(O)CC(O)CN1CCCCCC1CO. The monoisotopic (exact) mass is 231 g/mol. The summed E-state index contributed by atoms with van der Waals surface area (Å²) in [6.45, 7) is 1.26. The average molecular weight is 231 g/mol. The Morgan fingerprint density at radius 3 is 2.75 bits per heavy atom. The maximum atomic E-state index is 10.4. The number of carboxylic acids is 1. The number of hydrogen-bond acceptors (Lipinski definition) is 4. The Balaban J connectivity index is 2.44. The lowest BCUT2D eigenvalue weighted by Gasteiger charge is -2.29. The number of aliphatic carboxylic acids is 1. The Morgan fingerprint density at radius 1 is 1.38 bits per heavy atom. The van der Waals surface area contributed by atoms with Crippen LogP contribution in [-0.4, -0.2) is 58.0 Å². The van der Waals surface area contributed by atoms with E-state index in [0.29, 0.717) is 6.54 Å². The maximum absolute atomic E-state index is 10.4. The quantitative estimate of drug-likeness (QED) is 0.623. The molecule has 1 saturated heterocycles. The molecule has 0 aromatic rings. The van der Waals surface area contributed by atoms with Gasteiger partial charge in [-0.3, -0.25) is 9.69 Å². The van der Waals surface area contributed by atoms with Gasteiger partial charge in [-0.25, -0.2) is 0 Å². The normalized spacial score (nSPS) is 25.0. The number of rotatable bonds is 5. The lowest BCUT2D eigenvalue weighted by molar-refractivity contribution is -0.139. The number of likely N-dealkylation sites (tertiary alicyclic amines) is 1. The van der Waals surface area contributed by atoms with Gasteiger partial charge in [0, 0.05) is 12.6 Å². The summed E-state index contributed by atoms with van der Waals surface area (Å²) in [4.78, 5) is 12.5. The average Bonchev–Trinajstić information content (AvgIpc) is 2.41. The molecule has 3 N–H and O–H groups in total. The van der Waals surface area contributed by atoms with Crippen LogP contribution in [0.5, 0.6) is 0 Å². The van der Waals surface area contributed by atoms with Crippen LogP contribution in [0.15, 0.2) is 0 Å². The first-order valence-corrected chi connectivity index (χ1v) is 5.88. The van der Waals surface area contributed by atoms with Gasteiger partial charge in [-0.15, -0.1) is 0 Å². The predicted octanol–water partition coefficient (Wildman–Crippen LogP) is 0.0589. The van der Waals surface area contributed by atoms with E-state index in [4.69, 9.17) is 5.11 Å². The molecule has 1 heterocycles. The first-order chi connectivity index (χ1) is 7.63. The van der Waals surface area contributed by atoms with Crippen molar-refractivity contribution < 1.29 is 20.1 Å². The minimum Gasteiger partial charge on any atom is -0.481 e. The van der Waals surface area contributed by atoms with Gasteiger partial charge in [0.2, 0.25) is 0 Å². The van der Waals surface area contributed by atoms with E-state index in [1.54, 1.807) is 0 Å². The van der Waals surface area contributed by atoms with Gasteiger partial charge in [-0.2, -0.15) is 0 Å². The largest absolute Gasteiger partial charge is 0.481 e. The van der Waals surface area contributed by atoms with E-state index >= 15 is 0 Å². The molecule has 0 aliphatic carbocycles. The third kappa shape index (κ3) is 4.47. The molecule has 1 fully saturated rings. The molecule has 1 aliphatic rings. The molecule has 5 nitrogen and oxygen atoms in total. The number of carbonyl (C=O) groups is 1. The standard InChI is InChI=1S/C11H21NO4/c13-8-9-4-2-1-3-5-12(9)7-10(14)6-11(15)16/h9-10,13-14H,1-8H2,(H,15,16). The van der Waals surface area contributed by atoms with Crippen LogP contribution < -0.4 is 0 Å². The molecule has 94 valence electrons. The molecule has 2 atom stereocenters. The van der Waals surface area contributed by atoms with Gasteiger partial charge in [-0.05, 0) is 19.4 Å². The first kappa shape index (κ1) is 13.4. The lowest BCUT2D eigenvalue weighted by atomic mass is 10.1. The fourth-order valence-electron chi connectivity index (χ4n) is 2.22. The molecule has 0 aromatic heterocycles. The molecular weight excluding hydrogens is 210 g/mol. The highest BCUT2D eigenvalue weighted by Crippen LogP contribution is 2.17. The molecule has 0 radical (unpaired) electrons. The highest BCUT2D eigenvalue weighted by Gasteiger charge is 2.23. The van der Waals surface area contributed by atoms with E-state index in [2.05, 4.69) is 0 Å². The van der Waals surface area contributed by atoms with E-state index in [1.165, 1.54) is 0 Å². The summed E-state index contributed by atoms with van der Waals surface area (Å²) in [7, 11) is 0. The molecule has 1 aliphatic heterocycles. The summed E-state index contributed by atoms with van der Waals surface area (Å²) >= 11 is 0. The molecule has 16 heavy (non-hydrogen) atoms. The molecule has 0 saturated carbocycles. The fraction of sp³-hybridized carbons (Fsp3) is 0.909. The van der Waals surface area contributed by atoms with Crippen LogP contribution in [0.2, 0.25) is 0 Å². The minimum atomic E-state index is -0.983. The van der Waals surface area contributed by atoms with Gasteiger partial charge in [0.05, 0.1) is 19.1 Å². The van der Waals surface area contributed by atoms with E-state index in [0.717, 1.165) is 32.2 Å². The topological polar surface area (TPSA) is 81.0 Å². The summed E-state index contributed by atoms with van der Waals surface area (Å²) in [5.74, 6) is -0.983. The highest BCUT2D eigenvalue weighted by molar-refractivity contribution is 5.67. The smallest absolute Gasteiger partial charge is 0.306 e. The molecular formula is C11H21NO4. The Bertz CT molecular complexity index is 222. The summed E-state index contributed by atoms with van der Waals surface area (Å²) in [6, 6.07) is 0.0749. The van der Waals surface area contributed by atoms with Crippen molar-refractivity contribution in [2.75, 3.05) is 19.7 Å². The van der Waals surface area contributed by atoms with Crippen molar-refractivity contribution in [2.24, 2.45) is 0 Å². The third-order valence-electron chi connectivity index (χ3n) is 3.07. The van der Waals surface area contributed by atoms with Crippen molar-refractivity contribution in [3.05, 3.63) is 0 Å². The molecule has 1 rings (SSSR count). The van der Waals surface area contributed by atoms with Crippen molar-refractivity contribution in [3.63, 3.8) is 0 Å². The van der Waals surface area contributed by atoms with Crippen molar-refractivity contribution in [2.45, 2.75) is 44.2 Å². The minimum absolute atomic E-state index is 0.0749. The number of β-amino-alcohol motifs (C(OH)–C–C–N with tert-alkyl or cyclic N) is 1. The number of aliphatic hydroxyl groups excluding tert-OH is 2. The Hall–Kier alpha value is -0.650.